The lowest BCUT2D eigenvalue weighted by atomic mass is 10.2. The number of nitrogens with one attached hydrogen (secondary N) is 1. The Morgan fingerprint density at radius 1 is 1.40 bits per heavy atom. The topological polar surface area (TPSA) is 69.6 Å². The number of nitrogens with zero attached hydrogens (tertiary/aromatic N) is 1. The molecule has 1 rings (SSSR count). The number of hydrogen-bond acceptors (Lipinski definition) is 2. The lowest BCUT2D eigenvalue weighted by Crippen LogP contribution is -2.47. The quantitative estimate of drug-likeness (QED) is 0.750. The van der Waals surface area contributed by atoms with Crippen molar-refractivity contribution in [1.82, 2.24) is 10.2 Å². The van der Waals surface area contributed by atoms with Crippen LogP contribution in [0.1, 0.15) is 18.9 Å². The van der Waals surface area contributed by atoms with Crippen molar-refractivity contribution in [2.45, 2.75) is 25.9 Å². The first-order chi connectivity index (χ1) is 9.58. The van der Waals surface area contributed by atoms with E-state index in [1.54, 1.807) is 4.90 Å². The van der Waals surface area contributed by atoms with E-state index in [1.807, 2.05) is 37.3 Å². The molecule has 1 aromatic rings. The molecule has 0 saturated heterocycles. The molecule has 108 valence electrons. The molecule has 0 aliphatic carbocycles. The van der Waals surface area contributed by atoms with Crippen LogP contribution in [0.25, 0.3) is 0 Å². The lowest BCUT2D eigenvalue weighted by Gasteiger charge is -2.23. The van der Waals surface area contributed by atoms with Gasteiger partial charge in [0.2, 0.25) is 0 Å². The summed E-state index contributed by atoms with van der Waals surface area (Å²) in [5, 5.41) is 11.5. The fourth-order valence-corrected chi connectivity index (χ4v) is 1.76. The summed E-state index contributed by atoms with van der Waals surface area (Å²) in [6.45, 7) is 6.30. The Morgan fingerprint density at radius 2 is 2.05 bits per heavy atom. The van der Waals surface area contributed by atoms with Crippen LogP contribution < -0.4 is 5.32 Å². The fourth-order valence-electron chi connectivity index (χ4n) is 1.76. The SMILES string of the molecule is C=CCC(NC(=O)N(CC)Cc1ccccc1)C(=O)O. The van der Waals surface area contributed by atoms with Gasteiger partial charge in [-0.05, 0) is 18.9 Å². The van der Waals surface area contributed by atoms with Gasteiger partial charge in [-0.3, -0.25) is 0 Å². The molecule has 0 spiro atoms. The van der Waals surface area contributed by atoms with Gasteiger partial charge < -0.3 is 15.3 Å². The summed E-state index contributed by atoms with van der Waals surface area (Å²) in [4.78, 5) is 24.7. The number of carboxylic acids is 1. The van der Waals surface area contributed by atoms with Crippen LogP contribution in [-0.4, -0.2) is 34.6 Å². The Morgan fingerprint density at radius 3 is 2.55 bits per heavy atom. The van der Waals surface area contributed by atoms with Crippen molar-refractivity contribution in [3.05, 3.63) is 48.6 Å². The third-order valence-corrected chi connectivity index (χ3v) is 2.88. The van der Waals surface area contributed by atoms with Crippen molar-refractivity contribution >= 4 is 12.0 Å². The summed E-state index contributed by atoms with van der Waals surface area (Å²) in [7, 11) is 0. The van der Waals surface area contributed by atoms with Gasteiger partial charge in [0.05, 0.1) is 0 Å². The number of hydrogen-bond donors (Lipinski definition) is 2. The van der Waals surface area contributed by atoms with Crippen LogP contribution in [0.2, 0.25) is 0 Å². The molecule has 0 saturated carbocycles. The fraction of sp³-hybridized carbons (Fsp3) is 0.333. The third kappa shape index (κ3) is 4.76. The zero-order chi connectivity index (χ0) is 15.0. The normalized spacial score (nSPS) is 11.4. The van der Waals surface area contributed by atoms with Crippen LogP contribution in [0, 0.1) is 0 Å². The molecule has 20 heavy (non-hydrogen) atoms. The van der Waals surface area contributed by atoms with Gasteiger partial charge in [0.15, 0.2) is 0 Å². The van der Waals surface area contributed by atoms with Gasteiger partial charge in [-0.1, -0.05) is 36.4 Å². The average molecular weight is 276 g/mol. The highest BCUT2D eigenvalue weighted by atomic mass is 16.4. The van der Waals surface area contributed by atoms with E-state index >= 15 is 0 Å². The number of amides is 2. The lowest BCUT2D eigenvalue weighted by molar-refractivity contribution is -0.139. The van der Waals surface area contributed by atoms with Crippen LogP contribution in [0.4, 0.5) is 4.79 Å². The molecule has 0 fully saturated rings. The summed E-state index contributed by atoms with van der Waals surface area (Å²) in [5.74, 6) is -1.06. The van der Waals surface area contributed by atoms with E-state index in [0.717, 1.165) is 5.56 Å². The summed E-state index contributed by atoms with van der Waals surface area (Å²) in [6, 6.07) is 8.24. The molecule has 0 radical (unpaired) electrons. The number of benzene rings is 1. The van der Waals surface area contributed by atoms with Crippen molar-refractivity contribution in [3.63, 3.8) is 0 Å². The first kappa shape index (κ1) is 15.8. The Bertz CT molecular complexity index is 459. The molecule has 0 aromatic heterocycles. The maximum atomic E-state index is 12.1. The van der Waals surface area contributed by atoms with Crippen LogP contribution in [0.3, 0.4) is 0 Å². The van der Waals surface area contributed by atoms with Crippen LogP contribution in [-0.2, 0) is 11.3 Å². The first-order valence-corrected chi connectivity index (χ1v) is 6.51. The molecule has 0 aliphatic heterocycles. The molecule has 2 N–H and O–H groups in total. The first-order valence-electron chi connectivity index (χ1n) is 6.51. The third-order valence-electron chi connectivity index (χ3n) is 2.88. The Hall–Kier alpha value is -2.30. The predicted octanol–water partition coefficient (Wildman–Crippen LogP) is 2.25. The second kappa shape index (κ2) is 7.99. The molecule has 1 aromatic carbocycles. The summed E-state index contributed by atoms with van der Waals surface area (Å²) in [5.41, 5.74) is 1.00. The monoisotopic (exact) mass is 276 g/mol. The zero-order valence-electron chi connectivity index (χ0n) is 11.6. The molecule has 5 heteroatoms. The second-order valence-electron chi connectivity index (χ2n) is 4.36. The number of urea groups is 1. The van der Waals surface area contributed by atoms with Gasteiger partial charge in [0.25, 0.3) is 0 Å². The number of carbonyl (C=O) groups excluding carboxylic acids is 1. The van der Waals surface area contributed by atoms with Crippen molar-refractivity contribution in [3.8, 4) is 0 Å². The van der Waals surface area contributed by atoms with E-state index < -0.39 is 12.0 Å². The number of rotatable bonds is 7. The molecule has 1 unspecified atom stereocenters. The minimum atomic E-state index is -1.06. The van der Waals surface area contributed by atoms with Gasteiger partial charge in [0.1, 0.15) is 6.04 Å². The Labute approximate surface area is 118 Å². The average Bonchev–Trinajstić information content (AvgIpc) is 2.45. The molecule has 0 heterocycles. The molecule has 1 atom stereocenters. The van der Waals surface area contributed by atoms with Gasteiger partial charge in [-0.2, -0.15) is 0 Å². The van der Waals surface area contributed by atoms with Crippen LogP contribution in [0.15, 0.2) is 43.0 Å². The number of carboxylic acid groups (broad SMARTS) is 1. The molecular weight excluding hydrogens is 256 g/mol. The molecule has 5 nitrogen and oxygen atoms in total. The van der Waals surface area contributed by atoms with Crippen LogP contribution >= 0.6 is 0 Å². The highest BCUT2D eigenvalue weighted by molar-refractivity contribution is 5.82. The summed E-state index contributed by atoms with van der Waals surface area (Å²) >= 11 is 0. The van der Waals surface area contributed by atoms with E-state index in [1.165, 1.54) is 6.08 Å². The minimum absolute atomic E-state index is 0.198. The van der Waals surface area contributed by atoms with Crippen molar-refractivity contribution in [2.24, 2.45) is 0 Å². The van der Waals surface area contributed by atoms with Gasteiger partial charge in [0, 0.05) is 13.1 Å². The van der Waals surface area contributed by atoms with E-state index in [4.69, 9.17) is 5.11 Å². The van der Waals surface area contributed by atoms with E-state index in [9.17, 15) is 9.59 Å². The van der Waals surface area contributed by atoms with Gasteiger partial charge in [-0.15, -0.1) is 6.58 Å². The number of carbonyl (C=O) groups is 2. The van der Waals surface area contributed by atoms with Crippen molar-refractivity contribution in [2.75, 3.05) is 6.54 Å². The maximum Gasteiger partial charge on any atom is 0.326 e. The summed E-state index contributed by atoms with van der Waals surface area (Å²) in [6.07, 6.45) is 1.68. The van der Waals surface area contributed by atoms with Crippen LogP contribution in [0.5, 0.6) is 0 Å². The maximum absolute atomic E-state index is 12.1. The molecule has 2 amide bonds. The van der Waals surface area contributed by atoms with Gasteiger partial charge in [-0.25, -0.2) is 9.59 Å². The predicted molar refractivity (Wildman–Crippen MR) is 77.3 cm³/mol. The Kier molecular flexibility index (Phi) is 6.29. The van der Waals surface area contributed by atoms with E-state index in [-0.39, 0.29) is 12.5 Å². The second-order valence-corrected chi connectivity index (χ2v) is 4.36. The zero-order valence-corrected chi connectivity index (χ0v) is 11.6. The highest BCUT2D eigenvalue weighted by Crippen LogP contribution is 2.05. The Balaban J connectivity index is 2.66. The van der Waals surface area contributed by atoms with E-state index in [2.05, 4.69) is 11.9 Å². The van der Waals surface area contributed by atoms with Crippen molar-refractivity contribution in [1.29, 1.82) is 0 Å². The van der Waals surface area contributed by atoms with Crippen molar-refractivity contribution < 1.29 is 14.7 Å². The molecule has 0 aliphatic rings. The summed E-state index contributed by atoms with van der Waals surface area (Å²) < 4.78 is 0. The smallest absolute Gasteiger partial charge is 0.326 e. The highest BCUT2D eigenvalue weighted by Gasteiger charge is 2.21. The number of aliphatic carboxylic acids is 1. The molecular formula is C15H20N2O3. The van der Waals surface area contributed by atoms with Gasteiger partial charge >= 0.3 is 12.0 Å². The largest absolute Gasteiger partial charge is 0.480 e. The minimum Gasteiger partial charge on any atom is -0.480 e. The van der Waals surface area contributed by atoms with E-state index in [0.29, 0.717) is 13.1 Å². The molecule has 0 bridgehead atoms. The standard InChI is InChI=1S/C15H20N2O3/c1-3-8-13(14(18)19)16-15(20)17(4-2)11-12-9-6-5-7-10-12/h3,5-7,9-10,13H,1,4,8,11H2,2H3,(H,16,20)(H,18,19).